The van der Waals surface area contributed by atoms with E-state index in [0.717, 1.165) is 21.4 Å². The Morgan fingerprint density at radius 2 is 1.89 bits per heavy atom. The SMILES string of the molecule is CC(=O)[C@@H](C(=O)N(C)C)n1cnc2c(cnn2-c2ccc(C)cc2C)c1=O. The number of ketones is 1. The highest BCUT2D eigenvalue weighted by atomic mass is 16.2. The second-order valence-corrected chi connectivity index (χ2v) is 6.79. The number of amides is 1. The number of hydrogen-bond acceptors (Lipinski definition) is 5. The van der Waals surface area contributed by atoms with E-state index in [4.69, 9.17) is 0 Å². The number of hydrogen-bond donors (Lipinski definition) is 0. The molecule has 1 aromatic carbocycles. The largest absolute Gasteiger partial charge is 0.347 e. The fraction of sp³-hybridized carbons (Fsp3) is 0.316. The maximum Gasteiger partial charge on any atom is 0.265 e. The molecule has 2 aromatic heterocycles. The fourth-order valence-corrected chi connectivity index (χ4v) is 3.06. The van der Waals surface area contributed by atoms with E-state index < -0.39 is 23.3 Å². The molecule has 0 bridgehead atoms. The molecule has 1 atom stereocenters. The molecule has 0 radical (unpaired) electrons. The lowest BCUT2D eigenvalue weighted by Crippen LogP contribution is -2.40. The monoisotopic (exact) mass is 367 g/mol. The average molecular weight is 367 g/mol. The molecule has 1 amide bonds. The third-order valence-corrected chi connectivity index (χ3v) is 4.43. The van der Waals surface area contributed by atoms with Crippen LogP contribution in [0, 0.1) is 13.8 Å². The predicted octanol–water partition coefficient (Wildman–Crippen LogP) is 1.42. The highest BCUT2D eigenvalue weighted by Gasteiger charge is 2.29. The quantitative estimate of drug-likeness (QED) is 0.651. The van der Waals surface area contributed by atoms with Crippen molar-refractivity contribution in [2.24, 2.45) is 0 Å². The Hall–Kier alpha value is -3.29. The Morgan fingerprint density at radius 1 is 1.19 bits per heavy atom. The Balaban J connectivity index is 2.19. The van der Waals surface area contributed by atoms with Crippen molar-refractivity contribution in [3.8, 4) is 5.69 Å². The molecule has 140 valence electrons. The van der Waals surface area contributed by atoms with Crippen LogP contribution in [0.4, 0.5) is 0 Å². The van der Waals surface area contributed by atoms with Gasteiger partial charge in [0, 0.05) is 14.1 Å². The molecule has 0 N–H and O–H groups in total. The van der Waals surface area contributed by atoms with E-state index in [1.807, 2.05) is 32.0 Å². The smallest absolute Gasteiger partial charge is 0.265 e. The molecule has 0 saturated carbocycles. The molecule has 2 heterocycles. The molecule has 3 rings (SSSR count). The molecule has 3 aromatic rings. The summed E-state index contributed by atoms with van der Waals surface area (Å²) < 4.78 is 2.66. The summed E-state index contributed by atoms with van der Waals surface area (Å²) in [5.41, 5.74) is 2.83. The van der Waals surface area contributed by atoms with Gasteiger partial charge in [-0.3, -0.25) is 19.0 Å². The van der Waals surface area contributed by atoms with Gasteiger partial charge in [-0.2, -0.15) is 5.10 Å². The van der Waals surface area contributed by atoms with Crippen LogP contribution in [-0.4, -0.2) is 50.0 Å². The van der Waals surface area contributed by atoms with Gasteiger partial charge in [-0.1, -0.05) is 17.7 Å². The van der Waals surface area contributed by atoms with Gasteiger partial charge in [0.25, 0.3) is 11.5 Å². The first-order valence-corrected chi connectivity index (χ1v) is 8.46. The van der Waals surface area contributed by atoms with E-state index in [2.05, 4.69) is 10.1 Å². The Bertz CT molecular complexity index is 1110. The van der Waals surface area contributed by atoms with E-state index in [9.17, 15) is 14.4 Å². The highest BCUT2D eigenvalue weighted by Crippen LogP contribution is 2.19. The minimum atomic E-state index is -1.24. The number of carbonyl (C=O) groups excluding carboxylic acids is 2. The molecule has 0 saturated heterocycles. The normalized spacial score (nSPS) is 12.2. The van der Waals surface area contributed by atoms with E-state index in [1.54, 1.807) is 4.68 Å². The van der Waals surface area contributed by atoms with Gasteiger partial charge in [-0.05, 0) is 32.4 Å². The number of aryl methyl sites for hydroxylation is 2. The molecule has 0 unspecified atom stereocenters. The second kappa shape index (κ2) is 6.79. The summed E-state index contributed by atoms with van der Waals surface area (Å²) in [7, 11) is 3.07. The lowest BCUT2D eigenvalue weighted by Gasteiger charge is -2.20. The summed E-state index contributed by atoms with van der Waals surface area (Å²) in [5, 5.41) is 4.55. The number of Topliss-reactive ketones (excluding diaryl/α,β-unsaturated/α-hetero) is 1. The summed E-state index contributed by atoms with van der Waals surface area (Å²) in [5.74, 6) is -0.911. The summed E-state index contributed by atoms with van der Waals surface area (Å²) >= 11 is 0. The molecular formula is C19H21N5O3. The van der Waals surface area contributed by atoms with E-state index in [-0.39, 0.29) is 5.39 Å². The zero-order valence-electron chi connectivity index (χ0n) is 15.9. The molecule has 0 fully saturated rings. The number of benzene rings is 1. The van der Waals surface area contributed by atoms with E-state index in [1.165, 1.54) is 38.4 Å². The van der Waals surface area contributed by atoms with Crippen LogP contribution in [0.25, 0.3) is 16.7 Å². The van der Waals surface area contributed by atoms with Crippen molar-refractivity contribution in [1.82, 2.24) is 24.2 Å². The number of nitrogens with zero attached hydrogens (tertiary/aromatic N) is 5. The van der Waals surface area contributed by atoms with Crippen LogP contribution in [0.15, 0.2) is 35.5 Å². The number of carbonyl (C=O) groups is 2. The van der Waals surface area contributed by atoms with Crippen molar-refractivity contribution in [2.45, 2.75) is 26.8 Å². The number of fused-ring (bicyclic) bond motifs is 1. The van der Waals surface area contributed by atoms with Crippen molar-refractivity contribution in [1.29, 1.82) is 0 Å². The van der Waals surface area contributed by atoms with Crippen molar-refractivity contribution in [3.05, 3.63) is 52.2 Å². The van der Waals surface area contributed by atoms with Gasteiger partial charge in [0.15, 0.2) is 17.5 Å². The standard InChI is InChI=1S/C19H21N5O3/c1-11-6-7-15(12(2)8-11)24-17-14(9-21-24)18(26)23(10-20-17)16(13(3)25)19(27)22(4)5/h6-10,16H,1-5H3/t16-/m0/s1. The molecule has 0 aliphatic carbocycles. The topological polar surface area (TPSA) is 90.1 Å². The van der Waals surface area contributed by atoms with E-state index >= 15 is 0 Å². The van der Waals surface area contributed by atoms with Gasteiger partial charge in [-0.15, -0.1) is 0 Å². The lowest BCUT2D eigenvalue weighted by atomic mass is 10.1. The lowest BCUT2D eigenvalue weighted by molar-refractivity contribution is -0.137. The first kappa shape index (κ1) is 18.5. The van der Waals surface area contributed by atoms with E-state index in [0.29, 0.717) is 5.65 Å². The molecule has 8 nitrogen and oxygen atoms in total. The molecule has 8 heteroatoms. The summed E-state index contributed by atoms with van der Waals surface area (Å²) in [6.07, 6.45) is 2.65. The maximum atomic E-state index is 12.9. The van der Waals surface area contributed by atoms with Crippen LogP contribution in [0.2, 0.25) is 0 Å². The number of likely N-dealkylation sites (N-methyl/N-ethyl adjacent to an activating group) is 1. The minimum absolute atomic E-state index is 0.246. The van der Waals surface area contributed by atoms with Crippen LogP contribution in [0.5, 0.6) is 0 Å². The fourth-order valence-electron chi connectivity index (χ4n) is 3.06. The first-order valence-electron chi connectivity index (χ1n) is 8.46. The molecule has 0 aliphatic rings. The molecule has 27 heavy (non-hydrogen) atoms. The first-order chi connectivity index (χ1) is 12.7. The highest BCUT2D eigenvalue weighted by molar-refractivity contribution is 6.02. The third-order valence-electron chi connectivity index (χ3n) is 4.43. The zero-order valence-corrected chi connectivity index (χ0v) is 15.9. The Labute approximate surface area is 156 Å². The van der Waals surface area contributed by atoms with Gasteiger partial charge in [0.2, 0.25) is 0 Å². The summed E-state index contributed by atoms with van der Waals surface area (Å²) in [6.45, 7) is 5.24. The predicted molar refractivity (Wildman–Crippen MR) is 101 cm³/mol. The van der Waals surface area contributed by atoms with Crippen LogP contribution < -0.4 is 5.56 Å². The van der Waals surface area contributed by atoms with Crippen LogP contribution >= 0.6 is 0 Å². The second-order valence-electron chi connectivity index (χ2n) is 6.79. The Kier molecular flexibility index (Phi) is 4.65. The van der Waals surface area contributed by atoms with Gasteiger partial charge in [0.05, 0.1) is 11.9 Å². The Morgan fingerprint density at radius 3 is 2.48 bits per heavy atom. The molecule has 0 spiro atoms. The number of rotatable bonds is 4. The van der Waals surface area contributed by atoms with Crippen molar-refractivity contribution in [2.75, 3.05) is 14.1 Å². The number of aromatic nitrogens is 4. The molecular weight excluding hydrogens is 346 g/mol. The van der Waals surface area contributed by atoms with Gasteiger partial charge in [0.1, 0.15) is 11.7 Å². The zero-order chi connectivity index (χ0) is 19.9. The van der Waals surface area contributed by atoms with Crippen molar-refractivity contribution in [3.63, 3.8) is 0 Å². The summed E-state index contributed by atoms with van der Waals surface area (Å²) in [4.78, 5) is 42.9. The average Bonchev–Trinajstić information content (AvgIpc) is 3.01. The van der Waals surface area contributed by atoms with Gasteiger partial charge < -0.3 is 4.90 Å². The maximum absolute atomic E-state index is 12.9. The minimum Gasteiger partial charge on any atom is -0.347 e. The van der Waals surface area contributed by atoms with Crippen LogP contribution in [-0.2, 0) is 9.59 Å². The van der Waals surface area contributed by atoms with Gasteiger partial charge in [-0.25, -0.2) is 9.67 Å². The van der Waals surface area contributed by atoms with Gasteiger partial charge >= 0.3 is 0 Å². The van der Waals surface area contributed by atoms with Crippen LogP contribution in [0.1, 0.15) is 24.1 Å². The summed E-state index contributed by atoms with van der Waals surface area (Å²) in [6, 6.07) is 4.65. The van der Waals surface area contributed by atoms with Crippen LogP contribution in [0.3, 0.4) is 0 Å². The third kappa shape index (κ3) is 3.14. The van der Waals surface area contributed by atoms with Crippen molar-refractivity contribution < 1.29 is 9.59 Å². The van der Waals surface area contributed by atoms with Crippen molar-refractivity contribution >= 4 is 22.7 Å². The molecule has 0 aliphatic heterocycles.